The predicted octanol–water partition coefficient (Wildman–Crippen LogP) is 2.18. The fraction of sp³-hybridized carbons (Fsp3) is 0.143. The molecular formula is C7H7BrFNO. The quantitative estimate of drug-likeness (QED) is 0.736. The lowest BCUT2D eigenvalue weighted by Crippen LogP contribution is -1.95. The molecule has 0 bridgehead atoms. The van der Waals surface area contributed by atoms with E-state index in [-0.39, 0.29) is 11.4 Å². The van der Waals surface area contributed by atoms with Crippen molar-refractivity contribution in [3.05, 3.63) is 22.4 Å². The van der Waals surface area contributed by atoms with E-state index in [1.807, 2.05) is 0 Å². The van der Waals surface area contributed by atoms with Gasteiger partial charge in [-0.3, -0.25) is 0 Å². The molecule has 11 heavy (non-hydrogen) atoms. The van der Waals surface area contributed by atoms with E-state index in [1.54, 1.807) is 6.07 Å². The molecule has 4 heteroatoms. The molecule has 0 aliphatic heterocycles. The molecule has 0 amide bonds. The van der Waals surface area contributed by atoms with Crippen LogP contribution in [0.15, 0.2) is 16.6 Å². The Morgan fingerprint density at radius 3 is 2.73 bits per heavy atom. The molecule has 0 unspecified atom stereocenters. The van der Waals surface area contributed by atoms with E-state index in [4.69, 9.17) is 10.5 Å². The average Bonchev–Trinajstić information content (AvgIpc) is 2.01. The third-order valence-corrected chi connectivity index (χ3v) is 2.00. The summed E-state index contributed by atoms with van der Waals surface area (Å²) in [5.74, 6) is -0.368. The number of nitrogens with two attached hydrogens (primary N) is 1. The maximum Gasteiger partial charge on any atom is 0.189 e. The monoisotopic (exact) mass is 219 g/mol. The first-order valence-corrected chi connectivity index (χ1v) is 3.73. The van der Waals surface area contributed by atoms with Crippen LogP contribution >= 0.6 is 15.9 Å². The van der Waals surface area contributed by atoms with Crippen LogP contribution in [0.5, 0.6) is 5.75 Å². The first kappa shape index (κ1) is 8.33. The minimum atomic E-state index is -0.526. The molecule has 2 N–H and O–H groups in total. The zero-order valence-electron chi connectivity index (χ0n) is 5.90. The van der Waals surface area contributed by atoms with Gasteiger partial charge >= 0.3 is 0 Å². The average molecular weight is 220 g/mol. The van der Waals surface area contributed by atoms with E-state index in [2.05, 4.69) is 15.9 Å². The zero-order chi connectivity index (χ0) is 8.43. The lowest BCUT2D eigenvalue weighted by atomic mass is 10.3. The first-order valence-electron chi connectivity index (χ1n) is 2.94. The van der Waals surface area contributed by atoms with Gasteiger partial charge in [-0.05, 0) is 28.1 Å². The lowest BCUT2D eigenvalue weighted by molar-refractivity contribution is 0.387. The molecular weight excluding hydrogens is 213 g/mol. The van der Waals surface area contributed by atoms with E-state index < -0.39 is 5.82 Å². The highest BCUT2D eigenvalue weighted by atomic mass is 79.9. The van der Waals surface area contributed by atoms with Crippen molar-refractivity contribution in [2.75, 3.05) is 12.8 Å². The van der Waals surface area contributed by atoms with Crippen molar-refractivity contribution >= 4 is 21.6 Å². The van der Waals surface area contributed by atoms with E-state index >= 15 is 0 Å². The van der Waals surface area contributed by atoms with Crippen LogP contribution in [0.2, 0.25) is 0 Å². The largest absolute Gasteiger partial charge is 0.494 e. The Morgan fingerprint density at radius 1 is 1.55 bits per heavy atom. The third-order valence-electron chi connectivity index (χ3n) is 1.31. The molecule has 1 aromatic carbocycles. The van der Waals surface area contributed by atoms with Crippen LogP contribution in [-0.2, 0) is 0 Å². The highest BCUT2D eigenvalue weighted by Crippen LogP contribution is 2.28. The summed E-state index contributed by atoms with van der Waals surface area (Å²) in [6.07, 6.45) is 0. The molecule has 0 atom stereocenters. The fourth-order valence-electron chi connectivity index (χ4n) is 0.707. The molecule has 1 aromatic rings. The molecule has 0 radical (unpaired) electrons. The van der Waals surface area contributed by atoms with Crippen molar-refractivity contribution in [1.82, 2.24) is 0 Å². The molecule has 0 aliphatic rings. The Bertz CT molecular complexity index is 277. The summed E-state index contributed by atoms with van der Waals surface area (Å²) in [4.78, 5) is 0. The van der Waals surface area contributed by atoms with Crippen LogP contribution in [0.3, 0.4) is 0 Å². The van der Waals surface area contributed by atoms with Crippen molar-refractivity contribution in [2.24, 2.45) is 0 Å². The van der Waals surface area contributed by atoms with Crippen LogP contribution in [0.4, 0.5) is 10.1 Å². The van der Waals surface area contributed by atoms with Gasteiger partial charge in [-0.25, -0.2) is 4.39 Å². The standard InChI is InChI=1S/C7H7BrFNO/c1-11-5-3-2-4(8)7(10)6(5)9/h2-3H,10H2,1H3. The number of hydrogen-bond donors (Lipinski definition) is 1. The van der Waals surface area contributed by atoms with Crippen LogP contribution in [0.1, 0.15) is 0 Å². The highest BCUT2D eigenvalue weighted by molar-refractivity contribution is 9.10. The lowest BCUT2D eigenvalue weighted by Gasteiger charge is -2.04. The van der Waals surface area contributed by atoms with Crippen LogP contribution in [0.25, 0.3) is 0 Å². The van der Waals surface area contributed by atoms with Crippen molar-refractivity contribution in [2.45, 2.75) is 0 Å². The van der Waals surface area contributed by atoms with Crippen molar-refractivity contribution in [3.63, 3.8) is 0 Å². The second-order valence-corrected chi connectivity index (χ2v) is 2.83. The Hall–Kier alpha value is -0.770. The molecule has 2 nitrogen and oxygen atoms in total. The van der Waals surface area contributed by atoms with Gasteiger partial charge in [0, 0.05) is 4.47 Å². The van der Waals surface area contributed by atoms with E-state index in [1.165, 1.54) is 13.2 Å². The van der Waals surface area contributed by atoms with Crippen LogP contribution in [-0.4, -0.2) is 7.11 Å². The van der Waals surface area contributed by atoms with Crippen LogP contribution < -0.4 is 10.5 Å². The number of methoxy groups -OCH3 is 1. The SMILES string of the molecule is COc1ccc(Br)c(N)c1F. The van der Waals surface area contributed by atoms with Gasteiger partial charge in [0.2, 0.25) is 0 Å². The Labute approximate surface area is 72.3 Å². The minimum absolute atomic E-state index is 0.0735. The van der Waals surface area contributed by atoms with Gasteiger partial charge in [0.25, 0.3) is 0 Å². The Morgan fingerprint density at radius 2 is 2.18 bits per heavy atom. The summed E-state index contributed by atoms with van der Waals surface area (Å²) < 4.78 is 18.2. The summed E-state index contributed by atoms with van der Waals surface area (Å²) in [5.41, 5.74) is 5.43. The number of hydrogen-bond acceptors (Lipinski definition) is 2. The molecule has 60 valence electrons. The summed E-state index contributed by atoms with van der Waals surface area (Å²) in [6.45, 7) is 0. The predicted molar refractivity (Wildman–Crippen MR) is 45.1 cm³/mol. The van der Waals surface area contributed by atoms with Gasteiger partial charge in [0.1, 0.15) is 0 Å². The van der Waals surface area contributed by atoms with Crippen molar-refractivity contribution in [3.8, 4) is 5.75 Å². The maximum atomic E-state index is 13.0. The van der Waals surface area contributed by atoms with E-state index in [0.29, 0.717) is 4.47 Å². The van der Waals surface area contributed by atoms with Gasteiger partial charge < -0.3 is 10.5 Å². The molecule has 0 aliphatic carbocycles. The molecule has 0 heterocycles. The Kier molecular flexibility index (Phi) is 2.34. The smallest absolute Gasteiger partial charge is 0.189 e. The normalized spacial score (nSPS) is 9.73. The second-order valence-electron chi connectivity index (χ2n) is 1.98. The number of ether oxygens (including phenoxy) is 1. The summed E-state index contributed by atoms with van der Waals surface area (Å²) in [5, 5.41) is 0. The maximum absolute atomic E-state index is 13.0. The second kappa shape index (κ2) is 3.09. The zero-order valence-corrected chi connectivity index (χ0v) is 7.48. The summed E-state index contributed by atoms with van der Waals surface area (Å²) in [6, 6.07) is 3.15. The summed E-state index contributed by atoms with van der Waals surface area (Å²) >= 11 is 3.09. The van der Waals surface area contributed by atoms with E-state index in [0.717, 1.165) is 0 Å². The van der Waals surface area contributed by atoms with Crippen molar-refractivity contribution in [1.29, 1.82) is 0 Å². The number of rotatable bonds is 1. The number of nitrogen functional groups attached to an aromatic ring is 1. The Balaban J connectivity index is 3.25. The number of halogens is 2. The molecule has 0 spiro atoms. The van der Waals surface area contributed by atoms with Crippen LogP contribution in [0, 0.1) is 5.82 Å². The van der Waals surface area contributed by atoms with Gasteiger partial charge in [-0.2, -0.15) is 0 Å². The third kappa shape index (κ3) is 1.45. The van der Waals surface area contributed by atoms with Gasteiger partial charge in [-0.15, -0.1) is 0 Å². The topological polar surface area (TPSA) is 35.2 Å². The highest BCUT2D eigenvalue weighted by Gasteiger charge is 2.08. The molecule has 1 rings (SSSR count). The van der Waals surface area contributed by atoms with Gasteiger partial charge in [0.15, 0.2) is 11.6 Å². The van der Waals surface area contributed by atoms with E-state index in [9.17, 15) is 4.39 Å². The molecule has 0 saturated heterocycles. The fourth-order valence-corrected chi connectivity index (χ4v) is 1.01. The molecule has 0 aromatic heterocycles. The minimum Gasteiger partial charge on any atom is -0.494 e. The van der Waals surface area contributed by atoms with Gasteiger partial charge in [-0.1, -0.05) is 0 Å². The molecule has 0 saturated carbocycles. The molecule has 0 fully saturated rings. The first-order chi connectivity index (χ1) is 5.16. The van der Waals surface area contributed by atoms with Crippen molar-refractivity contribution < 1.29 is 9.13 Å². The summed E-state index contributed by atoms with van der Waals surface area (Å²) in [7, 11) is 1.39. The van der Waals surface area contributed by atoms with Gasteiger partial charge in [0.05, 0.1) is 12.8 Å². The number of anilines is 1. The number of benzene rings is 1.